The average Bonchev–Trinajstić information content (AvgIpc) is 3.45. The number of nitrogens with two attached hydrogens (primary N) is 1. The van der Waals surface area contributed by atoms with Crippen molar-refractivity contribution in [1.82, 2.24) is 24.8 Å². The number of amides is 2. The number of fused-ring (bicyclic) bond motifs is 1. The molecule has 0 spiro atoms. The summed E-state index contributed by atoms with van der Waals surface area (Å²) in [7, 11) is 0. The van der Waals surface area contributed by atoms with Crippen LogP contribution in [0, 0.1) is 6.92 Å². The fourth-order valence-corrected chi connectivity index (χ4v) is 4.05. The fourth-order valence-electron chi connectivity index (χ4n) is 4.05. The van der Waals surface area contributed by atoms with Crippen LogP contribution in [0.2, 0.25) is 0 Å². The predicted molar refractivity (Wildman–Crippen MR) is 133 cm³/mol. The molecule has 1 aliphatic heterocycles. The Kier molecular flexibility index (Phi) is 6.53. The first-order chi connectivity index (χ1) is 16.0. The van der Waals surface area contributed by atoms with E-state index in [1.165, 1.54) is 10.9 Å². The minimum absolute atomic E-state index is 0. The summed E-state index contributed by atoms with van der Waals surface area (Å²) >= 11 is 0. The maximum atomic E-state index is 13.1. The molecule has 0 aliphatic carbocycles. The molecule has 3 heterocycles. The normalized spacial score (nSPS) is 13.5. The van der Waals surface area contributed by atoms with Crippen LogP contribution in [0.4, 0.5) is 11.4 Å². The molecule has 0 atom stereocenters. The summed E-state index contributed by atoms with van der Waals surface area (Å²) in [4.78, 5) is 39.4. The molecule has 1 saturated heterocycles. The van der Waals surface area contributed by atoms with Gasteiger partial charge in [-0.15, -0.1) is 12.4 Å². The van der Waals surface area contributed by atoms with E-state index in [1.54, 1.807) is 0 Å². The van der Waals surface area contributed by atoms with Gasteiger partial charge in [0, 0.05) is 37.6 Å². The van der Waals surface area contributed by atoms with Gasteiger partial charge in [-0.2, -0.15) is 0 Å². The molecule has 0 bridgehead atoms. The van der Waals surface area contributed by atoms with Gasteiger partial charge in [0.05, 0.1) is 11.0 Å². The van der Waals surface area contributed by atoms with Crippen LogP contribution >= 0.6 is 12.4 Å². The third-order valence-electron chi connectivity index (χ3n) is 5.76. The highest BCUT2D eigenvalue weighted by Gasteiger charge is 2.25. The number of nitrogens with zero attached hydrogens (tertiary/aromatic N) is 4. The standard InChI is InChI=1S/C23H24N8O2.ClH/c1-14-12-15(30-10-8-25-9-11-30)6-7-16(14)27-22(33)19-20(21(24)32)31(13-26-19)23-28-17-4-2-3-5-18(17)29-23;/h2-7,12-13,25H,8-11H2,1H3,(H2,24,32)(H,27,33)(H,28,29);1H. The van der Waals surface area contributed by atoms with Crippen LogP contribution in [0.3, 0.4) is 0 Å². The Morgan fingerprint density at radius 2 is 1.88 bits per heavy atom. The van der Waals surface area contributed by atoms with Crippen molar-refractivity contribution >= 4 is 46.6 Å². The van der Waals surface area contributed by atoms with Crippen LogP contribution in [0.5, 0.6) is 0 Å². The molecule has 11 heteroatoms. The molecule has 2 amide bonds. The molecule has 0 unspecified atom stereocenters. The van der Waals surface area contributed by atoms with Crippen molar-refractivity contribution in [2.75, 3.05) is 36.4 Å². The van der Waals surface area contributed by atoms with E-state index in [0.29, 0.717) is 11.6 Å². The molecule has 34 heavy (non-hydrogen) atoms. The SMILES string of the molecule is Cc1cc(N2CCNCC2)ccc1NC(=O)c1ncn(-c2nc3ccccc3[nH]2)c1C(N)=O.Cl. The van der Waals surface area contributed by atoms with Crippen molar-refractivity contribution < 1.29 is 9.59 Å². The highest BCUT2D eigenvalue weighted by molar-refractivity contribution is 6.10. The summed E-state index contributed by atoms with van der Waals surface area (Å²) < 4.78 is 1.40. The number of H-pyrrole nitrogens is 1. The van der Waals surface area contributed by atoms with Crippen molar-refractivity contribution in [3.63, 3.8) is 0 Å². The predicted octanol–water partition coefficient (Wildman–Crippen LogP) is 2.24. The number of nitrogens with one attached hydrogen (secondary N) is 3. The number of carbonyl (C=O) groups is 2. The van der Waals surface area contributed by atoms with E-state index in [9.17, 15) is 9.59 Å². The van der Waals surface area contributed by atoms with Crippen LogP contribution in [0.1, 0.15) is 26.5 Å². The number of aryl methyl sites for hydroxylation is 1. The molecule has 0 saturated carbocycles. The first kappa shape index (κ1) is 23.3. The number of piperazine rings is 1. The summed E-state index contributed by atoms with van der Waals surface area (Å²) in [5.41, 5.74) is 9.71. The topological polar surface area (TPSA) is 134 Å². The minimum atomic E-state index is -0.774. The zero-order valence-corrected chi connectivity index (χ0v) is 19.4. The van der Waals surface area contributed by atoms with E-state index in [4.69, 9.17) is 5.73 Å². The van der Waals surface area contributed by atoms with Gasteiger partial charge in [-0.1, -0.05) is 12.1 Å². The van der Waals surface area contributed by atoms with Crippen LogP contribution < -0.4 is 21.3 Å². The number of benzene rings is 2. The smallest absolute Gasteiger partial charge is 0.276 e. The summed E-state index contributed by atoms with van der Waals surface area (Å²) in [6.45, 7) is 5.70. The summed E-state index contributed by atoms with van der Waals surface area (Å²) in [5, 5.41) is 6.20. The van der Waals surface area contributed by atoms with E-state index in [0.717, 1.165) is 48.5 Å². The Balaban J connectivity index is 0.00000274. The zero-order valence-electron chi connectivity index (χ0n) is 18.5. The monoisotopic (exact) mass is 480 g/mol. The second-order valence-electron chi connectivity index (χ2n) is 7.94. The number of halogens is 1. The van der Waals surface area contributed by atoms with Gasteiger partial charge < -0.3 is 26.3 Å². The molecule has 4 aromatic rings. The third-order valence-corrected chi connectivity index (χ3v) is 5.76. The lowest BCUT2D eigenvalue weighted by Crippen LogP contribution is -2.43. The second-order valence-corrected chi connectivity index (χ2v) is 7.94. The van der Waals surface area contributed by atoms with Gasteiger partial charge >= 0.3 is 0 Å². The molecule has 2 aromatic carbocycles. The number of para-hydroxylation sites is 2. The van der Waals surface area contributed by atoms with Gasteiger partial charge in [-0.25, -0.2) is 9.97 Å². The molecular formula is C23H25ClN8O2. The average molecular weight is 481 g/mol. The Bertz CT molecular complexity index is 1320. The van der Waals surface area contributed by atoms with Crippen molar-refractivity contribution in [3.8, 4) is 5.95 Å². The van der Waals surface area contributed by atoms with Crippen molar-refractivity contribution in [3.05, 3.63) is 65.7 Å². The highest BCUT2D eigenvalue weighted by atomic mass is 35.5. The number of hydrogen-bond donors (Lipinski definition) is 4. The molecule has 10 nitrogen and oxygen atoms in total. The lowest BCUT2D eigenvalue weighted by atomic mass is 10.1. The van der Waals surface area contributed by atoms with Crippen LogP contribution in [-0.2, 0) is 0 Å². The summed E-state index contributed by atoms with van der Waals surface area (Å²) in [5.74, 6) is -0.936. The largest absolute Gasteiger partial charge is 0.369 e. The Morgan fingerprint density at radius 3 is 2.59 bits per heavy atom. The van der Waals surface area contributed by atoms with Crippen molar-refractivity contribution in [2.24, 2.45) is 5.73 Å². The number of hydrogen-bond acceptors (Lipinski definition) is 6. The number of aromatic nitrogens is 4. The molecule has 1 aliphatic rings. The number of rotatable bonds is 5. The lowest BCUT2D eigenvalue weighted by molar-refractivity contribution is 0.0970. The Hall–Kier alpha value is -3.89. The van der Waals surface area contributed by atoms with Gasteiger partial charge in [0.25, 0.3) is 11.8 Å². The van der Waals surface area contributed by atoms with E-state index >= 15 is 0 Å². The van der Waals surface area contributed by atoms with Gasteiger partial charge in [-0.05, 0) is 42.8 Å². The zero-order chi connectivity index (χ0) is 22.9. The van der Waals surface area contributed by atoms with E-state index in [1.807, 2.05) is 49.4 Å². The highest BCUT2D eigenvalue weighted by Crippen LogP contribution is 2.24. The van der Waals surface area contributed by atoms with Gasteiger partial charge in [0.15, 0.2) is 5.69 Å². The van der Waals surface area contributed by atoms with Crippen LogP contribution in [-0.4, -0.2) is 57.5 Å². The minimum Gasteiger partial charge on any atom is -0.369 e. The number of anilines is 2. The Morgan fingerprint density at radius 1 is 1.12 bits per heavy atom. The molecule has 0 radical (unpaired) electrons. The first-order valence-electron chi connectivity index (χ1n) is 10.7. The number of carbonyl (C=O) groups excluding carboxylic acids is 2. The molecule has 5 N–H and O–H groups in total. The third kappa shape index (κ3) is 4.33. The number of imidazole rings is 2. The molecule has 1 fully saturated rings. The molecule has 5 rings (SSSR count). The van der Waals surface area contributed by atoms with E-state index in [2.05, 4.69) is 30.5 Å². The van der Waals surface area contributed by atoms with Crippen molar-refractivity contribution in [1.29, 1.82) is 0 Å². The summed E-state index contributed by atoms with van der Waals surface area (Å²) in [6.07, 6.45) is 1.37. The maximum absolute atomic E-state index is 13.1. The quantitative estimate of drug-likeness (QED) is 0.346. The number of aromatic amines is 1. The van der Waals surface area contributed by atoms with Gasteiger partial charge in [0.2, 0.25) is 5.95 Å². The van der Waals surface area contributed by atoms with Crippen molar-refractivity contribution in [2.45, 2.75) is 6.92 Å². The lowest BCUT2D eigenvalue weighted by Gasteiger charge is -2.30. The summed E-state index contributed by atoms with van der Waals surface area (Å²) in [6, 6.07) is 13.3. The first-order valence-corrected chi connectivity index (χ1v) is 10.7. The van der Waals surface area contributed by atoms with Gasteiger partial charge in [-0.3, -0.25) is 14.2 Å². The Labute approximate surface area is 202 Å². The van der Waals surface area contributed by atoms with Gasteiger partial charge in [0.1, 0.15) is 12.0 Å². The number of primary amides is 1. The molecule has 176 valence electrons. The molecule has 2 aromatic heterocycles. The van der Waals surface area contributed by atoms with E-state index in [-0.39, 0.29) is 23.8 Å². The second kappa shape index (κ2) is 9.54. The molecular weight excluding hydrogens is 456 g/mol. The fraction of sp³-hybridized carbons (Fsp3) is 0.217. The van der Waals surface area contributed by atoms with Crippen LogP contribution in [0.25, 0.3) is 17.0 Å². The maximum Gasteiger partial charge on any atom is 0.276 e. The van der Waals surface area contributed by atoms with Crippen LogP contribution in [0.15, 0.2) is 48.8 Å². The van der Waals surface area contributed by atoms with E-state index < -0.39 is 11.8 Å².